The van der Waals surface area contributed by atoms with E-state index >= 15 is 0 Å². The molecule has 0 fully saturated rings. The SMILES string of the molecule is CCc1ccc(NC(=O)COC(=O)c2ccc(OC)cc2C)cc1. The Morgan fingerprint density at radius 3 is 2.38 bits per heavy atom. The van der Waals surface area contributed by atoms with Crippen molar-refractivity contribution in [2.24, 2.45) is 0 Å². The number of carbonyl (C=O) groups excluding carboxylic acids is 2. The van der Waals surface area contributed by atoms with Gasteiger partial charge in [0.15, 0.2) is 6.61 Å². The summed E-state index contributed by atoms with van der Waals surface area (Å²) in [7, 11) is 1.56. The largest absolute Gasteiger partial charge is 0.497 e. The standard InChI is InChI=1S/C19H21NO4/c1-4-14-5-7-15(8-6-14)20-18(21)12-24-19(22)17-10-9-16(23-3)11-13(17)2/h5-11H,4,12H2,1-3H3,(H,20,21). The van der Waals surface area contributed by atoms with Crippen LogP contribution in [0, 0.1) is 6.92 Å². The van der Waals surface area contributed by atoms with Gasteiger partial charge in [0.1, 0.15) is 5.75 Å². The third-order valence-electron chi connectivity index (χ3n) is 3.63. The van der Waals surface area contributed by atoms with Gasteiger partial charge in [-0.1, -0.05) is 19.1 Å². The van der Waals surface area contributed by atoms with Crippen molar-refractivity contribution in [1.29, 1.82) is 0 Å². The van der Waals surface area contributed by atoms with Crippen LogP contribution >= 0.6 is 0 Å². The van der Waals surface area contributed by atoms with Crippen molar-refractivity contribution in [2.75, 3.05) is 19.0 Å². The molecule has 0 heterocycles. The van der Waals surface area contributed by atoms with Crippen LogP contribution in [0.2, 0.25) is 0 Å². The van der Waals surface area contributed by atoms with Crippen LogP contribution in [0.1, 0.15) is 28.4 Å². The first-order chi connectivity index (χ1) is 11.5. The number of anilines is 1. The fraction of sp³-hybridized carbons (Fsp3) is 0.263. The first-order valence-corrected chi connectivity index (χ1v) is 7.74. The Balaban J connectivity index is 1.89. The Hall–Kier alpha value is -2.82. The molecule has 0 bridgehead atoms. The van der Waals surface area contributed by atoms with Gasteiger partial charge in [0.2, 0.25) is 0 Å². The summed E-state index contributed by atoms with van der Waals surface area (Å²) >= 11 is 0. The molecule has 126 valence electrons. The smallest absolute Gasteiger partial charge is 0.338 e. The van der Waals surface area contributed by atoms with Crippen molar-refractivity contribution >= 4 is 17.6 Å². The van der Waals surface area contributed by atoms with E-state index in [2.05, 4.69) is 12.2 Å². The van der Waals surface area contributed by atoms with Crippen LogP contribution in [0.15, 0.2) is 42.5 Å². The molecule has 0 aromatic heterocycles. The normalized spacial score (nSPS) is 10.1. The number of esters is 1. The summed E-state index contributed by atoms with van der Waals surface area (Å²) in [6, 6.07) is 12.6. The second kappa shape index (κ2) is 8.15. The maximum absolute atomic E-state index is 12.1. The molecule has 2 aromatic carbocycles. The maximum atomic E-state index is 12.1. The maximum Gasteiger partial charge on any atom is 0.338 e. The highest BCUT2D eigenvalue weighted by Crippen LogP contribution is 2.17. The molecule has 0 spiro atoms. The first kappa shape index (κ1) is 17.5. The number of rotatable bonds is 6. The lowest BCUT2D eigenvalue weighted by molar-refractivity contribution is -0.119. The molecule has 0 aliphatic heterocycles. The number of carbonyl (C=O) groups is 2. The van der Waals surface area contributed by atoms with Gasteiger partial charge < -0.3 is 14.8 Å². The van der Waals surface area contributed by atoms with E-state index in [0.29, 0.717) is 17.0 Å². The molecule has 2 rings (SSSR count). The van der Waals surface area contributed by atoms with Crippen LogP contribution in [0.3, 0.4) is 0 Å². The quantitative estimate of drug-likeness (QED) is 0.826. The van der Waals surface area contributed by atoms with Gasteiger partial charge in [0.05, 0.1) is 12.7 Å². The van der Waals surface area contributed by atoms with Crippen LogP contribution in [-0.4, -0.2) is 25.6 Å². The van der Waals surface area contributed by atoms with Crippen molar-refractivity contribution in [2.45, 2.75) is 20.3 Å². The van der Waals surface area contributed by atoms with Crippen molar-refractivity contribution in [1.82, 2.24) is 0 Å². The molecule has 2 aromatic rings. The Kier molecular flexibility index (Phi) is 5.95. The third kappa shape index (κ3) is 4.59. The summed E-state index contributed by atoms with van der Waals surface area (Å²) in [5.41, 5.74) is 3.01. The molecule has 0 aliphatic rings. The molecule has 0 atom stereocenters. The van der Waals surface area contributed by atoms with Gasteiger partial charge in [-0.2, -0.15) is 0 Å². The van der Waals surface area contributed by atoms with E-state index in [9.17, 15) is 9.59 Å². The number of ether oxygens (including phenoxy) is 2. The molecule has 1 amide bonds. The van der Waals surface area contributed by atoms with Gasteiger partial charge in [-0.15, -0.1) is 0 Å². The second-order valence-corrected chi connectivity index (χ2v) is 5.36. The molecule has 1 N–H and O–H groups in total. The van der Waals surface area contributed by atoms with Gasteiger partial charge >= 0.3 is 5.97 Å². The fourth-order valence-corrected chi connectivity index (χ4v) is 2.22. The molecule has 5 heteroatoms. The molecule has 24 heavy (non-hydrogen) atoms. The van der Waals surface area contributed by atoms with Crippen molar-refractivity contribution in [3.63, 3.8) is 0 Å². The monoisotopic (exact) mass is 327 g/mol. The summed E-state index contributed by atoms with van der Waals surface area (Å²) in [5, 5.41) is 2.70. The highest BCUT2D eigenvalue weighted by Gasteiger charge is 2.13. The zero-order valence-electron chi connectivity index (χ0n) is 14.1. The van der Waals surface area contributed by atoms with Gasteiger partial charge in [0, 0.05) is 5.69 Å². The van der Waals surface area contributed by atoms with E-state index < -0.39 is 5.97 Å². The Morgan fingerprint density at radius 2 is 1.79 bits per heavy atom. The number of aryl methyl sites for hydroxylation is 2. The van der Waals surface area contributed by atoms with E-state index in [1.54, 1.807) is 32.2 Å². The van der Waals surface area contributed by atoms with Crippen LogP contribution < -0.4 is 10.1 Å². The number of methoxy groups -OCH3 is 1. The zero-order valence-corrected chi connectivity index (χ0v) is 14.1. The van der Waals surface area contributed by atoms with Crippen molar-refractivity contribution in [3.05, 3.63) is 59.2 Å². The Morgan fingerprint density at radius 1 is 1.08 bits per heavy atom. The number of hydrogen-bond acceptors (Lipinski definition) is 4. The van der Waals surface area contributed by atoms with E-state index in [0.717, 1.165) is 12.0 Å². The predicted octanol–water partition coefficient (Wildman–Crippen LogP) is 3.36. The van der Waals surface area contributed by atoms with Crippen LogP contribution in [0.25, 0.3) is 0 Å². The lowest BCUT2D eigenvalue weighted by Crippen LogP contribution is -2.21. The summed E-state index contributed by atoms with van der Waals surface area (Å²) in [4.78, 5) is 23.9. The number of nitrogens with one attached hydrogen (secondary N) is 1. The number of hydrogen-bond donors (Lipinski definition) is 1. The summed E-state index contributed by atoms with van der Waals surface area (Å²) < 4.78 is 10.2. The fourth-order valence-electron chi connectivity index (χ4n) is 2.22. The average Bonchev–Trinajstić information content (AvgIpc) is 2.60. The lowest BCUT2D eigenvalue weighted by Gasteiger charge is -2.09. The summed E-state index contributed by atoms with van der Waals surface area (Å²) in [6.07, 6.45) is 0.938. The molecule has 0 saturated heterocycles. The molecular formula is C19H21NO4. The van der Waals surface area contributed by atoms with Gasteiger partial charge in [0.25, 0.3) is 5.91 Å². The van der Waals surface area contributed by atoms with E-state index in [1.807, 2.05) is 24.3 Å². The van der Waals surface area contributed by atoms with Crippen molar-refractivity contribution in [3.8, 4) is 5.75 Å². The topological polar surface area (TPSA) is 64.6 Å². The molecule has 0 aliphatic carbocycles. The average molecular weight is 327 g/mol. The van der Waals surface area contributed by atoms with Crippen LogP contribution in [0.5, 0.6) is 5.75 Å². The predicted molar refractivity (Wildman–Crippen MR) is 92.5 cm³/mol. The minimum absolute atomic E-state index is 0.334. The number of amides is 1. The molecule has 0 saturated carbocycles. The Bertz CT molecular complexity index is 723. The minimum atomic E-state index is -0.536. The van der Waals surface area contributed by atoms with Gasteiger partial charge in [-0.05, 0) is 54.8 Å². The number of benzene rings is 2. The summed E-state index contributed by atoms with van der Waals surface area (Å²) in [5.74, 6) is -0.247. The molecule has 0 unspecified atom stereocenters. The van der Waals surface area contributed by atoms with Crippen LogP contribution in [-0.2, 0) is 16.0 Å². The van der Waals surface area contributed by atoms with Gasteiger partial charge in [-0.25, -0.2) is 4.79 Å². The van der Waals surface area contributed by atoms with Gasteiger partial charge in [-0.3, -0.25) is 4.79 Å². The van der Waals surface area contributed by atoms with Crippen LogP contribution in [0.4, 0.5) is 5.69 Å². The second-order valence-electron chi connectivity index (χ2n) is 5.36. The van der Waals surface area contributed by atoms with Crippen molar-refractivity contribution < 1.29 is 19.1 Å². The van der Waals surface area contributed by atoms with E-state index in [4.69, 9.17) is 9.47 Å². The zero-order chi connectivity index (χ0) is 17.5. The third-order valence-corrected chi connectivity index (χ3v) is 3.63. The molecule has 5 nitrogen and oxygen atoms in total. The minimum Gasteiger partial charge on any atom is -0.497 e. The van der Waals surface area contributed by atoms with E-state index in [1.165, 1.54) is 5.56 Å². The first-order valence-electron chi connectivity index (χ1n) is 7.74. The molecular weight excluding hydrogens is 306 g/mol. The Labute approximate surface area is 141 Å². The summed E-state index contributed by atoms with van der Waals surface area (Å²) in [6.45, 7) is 3.52. The van der Waals surface area contributed by atoms with E-state index in [-0.39, 0.29) is 12.5 Å². The highest BCUT2D eigenvalue weighted by molar-refractivity contribution is 5.96. The highest BCUT2D eigenvalue weighted by atomic mass is 16.5. The molecule has 0 radical (unpaired) electrons. The lowest BCUT2D eigenvalue weighted by atomic mass is 10.1.